The molecule has 2 atom stereocenters. The molecule has 2 nitrogen and oxygen atoms in total. The van der Waals surface area contributed by atoms with Crippen LogP contribution in [-0.4, -0.2) is 36.8 Å². The zero-order chi connectivity index (χ0) is 11.4. The van der Waals surface area contributed by atoms with E-state index in [-0.39, 0.29) is 0 Å². The number of hydrogen-bond acceptors (Lipinski definition) is 3. The summed E-state index contributed by atoms with van der Waals surface area (Å²) < 4.78 is 5.80. The monoisotopic (exact) mass is 243 g/mol. The van der Waals surface area contributed by atoms with Crippen molar-refractivity contribution in [1.82, 2.24) is 5.32 Å². The third-order valence-corrected chi connectivity index (χ3v) is 5.00. The Labute approximate surface area is 104 Å². The van der Waals surface area contributed by atoms with Crippen molar-refractivity contribution in [2.24, 2.45) is 5.41 Å². The summed E-state index contributed by atoms with van der Waals surface area (Å²) in [5, 5.41) is 3.71. The zero-order valence-electron chi connectivity index (χ0n) is 10.6. The average molecular weight is 243 g/mol. The van der Waals surface area contributed by atoms with E-state index in [1.807, 2.05) is 0 Å². The van der Waals surface area contributed by atoms with Crippen LogP contribution in [0, 0.1) is 5.41 Å². The molecule has 0 bridgehead atoms. The van der Waals surface area contributed by atoms with Crippen molar-refractivity contribution in [3.05, 3.63) is 0 Å². The summed E-state index contributed by atoms with van der Waals surface area (Å²) in [4.78, 5) is 0. The van der Waals surface area contributed by atoms with Crippen LogP contribution in [0.15, 0.2) is 0 Å². The predicted molar refractivity (Wildman–Crippen MR) is 71.1 cm³/mol. The molecular weight excluding hydrogens is 218 g/mol. The van der Waals surface area contributed by atoms with Gasteiger partial charge < -0.3 is 10.1 Å². The van der Waals surface area contributed by atoms with Gasteiger partial charge in [-0.25, -0.2) is 0 Å². The van der Waals surface area contributed by atoms with E-state index in [1.165, 1.54) is 43.7 Å². The fourth-order valence-electron chi connectivity index (χ4n) is 2.52. The molecule has 0 amide bonds. The summed E-state index contributed by atoms with van der Waals surface area (Å²) in [6, 6.07) is 0.823. The summed E-state index contributed by atoms with van der Waals surface area (Å²) in [5.74, 6) is 2.53. The van der Waals surface area contributed by atoms with E-state index in [9.17, 15) is 0 Å². The maximum Gasteiger partial charge on any atom is 0.0616 e. The van der Waals surface area contributed by atoms with Crippen LogP contribution < -0.4 is 5.32 Å². The fraction of sp³-hybridized carbons (Fsp3) is 1.00. The van der Waals surface area contributed by atoms with Gasteiger partial charge in [-0.1, -0.05) is 6.92 Å². The van der Waals surface area contributed by atoms with E-state index < -0.39 is 0 Å². The molecule has 0 aromatic rings. The maximum absolute atomic E-state index is 5.80. The van der Waals surface area contributed by atoms with Gasteiger partial charge in [0, 0.05) is 24.6 Å². The number of ether oxygens (including phenoxy) is 1. The molecule has 3 heteroatoms. The lowest BCUT2D eigenvalue weighted by Crippen LogP contribution is -2.40. The highest BCUT2D eigenvalue weighted by molar-refractivity contribution is 7.99. The van der Waals surface area contributed by atoms with Gasteiger partial charge in [-0.05, 0) is 44.1 Å². The minimum atomic E-state index is 0.421. The molecule has 2 aliphatic rings. The molecule has 1 saturated carbocycles. The van der Waals surface area contributed by atoms with Crippen molar-refractivity contribution in [1.29, 1.82) is 0 Å². The summed E-state index contributed by atoms with van der Waals surface area (Å²) in [6.45, 7) is 6.64. The van der Waals surface area contributed by atoms with Crippen LogP contribution in [0.5, 0.6) is 0 Å². The van der Waals surface area contributed by atoms with Crippen molar-refractivity contribution in [2.45, 2.75) is 51.7 Å². The van der Waals surface area contributed by atoms with E-state index in [0.717, 1.165) is 12.6 Å². The highest BCUT2D eigenvalue weighted by Crippen LogP contribution is 2.39. The topological polar surface area (TPSA) is 21.3 Å². The number of thioether (sulfide) groups is 1. The lowest BCUT2D eigenvalue weighted by Gasteiger charge is -2.32. The molecule has 0 spiro atoms. The molecule has 1 N–H and O–H groups in total. The largest absolute Gasteiger partial charge is 0.378 e. The lowest BCUT2D eigenvalue weighted by molar-refractivity contribution is 0.0614. The van der Waals surface area contributed by atoms with Crippen LogP contribution in [0.25, 0.3) is 0 Å². The molecule has 2 rings (SSSR count). The SMILES string of the molecule is CCSCCC1(CNC2CC2)CCOC1C. The molecule has 0 aromatic carbocycles. The lowest BCUT2D eigenvalue weighted by atomic mass is 9.79. The van der Waals surface area contributed by atoms with Crippen molar-refractivity contribution < 1.29 is 4.74 Å². The fourth-order valence-corrected chi connectivity index (χ4v) is 3.36. The van der Waals surface area contributed by atoms with Crippen LogP contribution in [0.4, 0.5) is 0 Å². The van der Waals surface area contributed by atoms with Gasteiger partial charge in [0.2, 0.25) is 0 Å². The first kappa shape index (κ1) is 12.7. The third-order valence-electron chi connectivity index (χ3n) is 4.10. The van der Waals surface area contributed by atoms with Crippen molar-refractivity contribution >= 4 is 11.8 Å². The predicted octanol–water partition coefficient (Wildman–Crippen LogP) is 2.68. The first-order valence-electron chi connectivity index (χ1n) is 6.69. The first-order chi connectivity index (χ1) is 7.77. The minimum Gasteiger partial charge on any atom is -0.378 e. The van der Waals surface area contributed by atoms with Crippen LogP contribution in [-0.2, 0) is 4.74 Å². The zero-order valence-corrected chi connectivity index (χ0v) is 11.4. The van der Waals surface area contributed by atoms with E-state index in [4.69, 9.17) is 4.74 Å². The molecule has 0 radical (unpaired) electrons. The molecule has 0 aromatic heterocycles. The van der Waals surface area contributed by atoms with Crippen LogP contribution in [0.1, 0.15) is 39.5 Å². The first-order valence-corrected chi connectivity index (χ1v) is 7.85. The number of nitrogens with one attached hydrogen (secondary N) is 1. The van der Waals surface area contributed by atoms with Gasteiger partial charge in [0.1, 0.15) is 0 Å². The second-order valence-corrected chi connectivity index (χ2v) is 6.62. The molecule has 1 aliphatic carbocycles. The summed E-state index contributed by atoms with van der Waals surface area (Å²) in [6.07, 6.45) is 5.77. The highest BCUT2D eigenvalue weighted by atomic mass is 32.2. The Bertz CT molecular complexity index is 220. The third kappa shape index (κ3) is 3.14. The van der Waals surface area contributed by atoms with E-state index in [2.05, 4.69) is 30.9 Å². The normalized spacial score (nSPS) is 34.5. The smallest absolute Gasteiger partial charge is 0.0616 e. The number of rotatable bonds is 7. The summed E-state index contributed by atoms with van der Waals surface area (Å²) >= 11 is 2.06. The average Bonchev–Trinajstić information content (AvgIpc) is 3.03. The Kier molecular flexibility index (Phi) is 4.57. The van der Waals surface area contributed by atoms with E-state index in [1.54, 1.807) is 0 Å². The van der Waals surface area contributed by atoms with Gasteiger partial charge in [0.25, 0.3) is 0 Å². The maximum atomic E-state index is 5.80. The van der Waals surface area contributed by atoms with Gasteiger partial charge in [-0.2, -0.15) is 11.8 Å². The molecule has 2 unspecified atom stereocenters. The molecular formula is C13H25NOS. The summed E-state index contributed by atoms with van der Waals surface area (Å²) in [5.41, 5.74) is 0.421. The highest BCUT2D eigenvalue weighted by Gasteiger charge is 2.41. The molecule has 94 valence electrons. The molecule has 16 heavy (non-hydrogen) atoms. The molecule has 2 fully saturated rings. The van der Waals surface area contributed by atoms with Crippen molar-refractivity contribution in [3.63, 3.8) is 0 Å². The summed E-state index contributed by atoms with van der Waals surface area (Å²) in [7, 11) is 0. The van der Waals surface area contributed by atoms with Crippen LogP contribution >= 0.6 is 11.8 Å². The molecule has 1 heterocycles. The Morgan fingerprint density at radius 3 is 2.81 bits per heavy atom. The Morgan fingerprint density at radius 1 is 1.44 bits per heavy atom. The van der Waals surface area contributed by atoms with E-state index >= 15 is 0 Å². The molecule has 1 saturated heterocycles. The van der Waals surface area contributed by atoms with Gasteiger partial charge in [0.05, 0.1) is 6.10 Å². The van der Waals surface area contributed by atoms with Crippen LogP contribution in [0.2, 0.25) is 0 Å². The van der Waals surface area contributed by atoms with Gasteiger partial charge in [-0.3, -0.25) is 0 Å². The van der Waals surface area contributed by atoms with Gasteiger partial charge in [0.15, 0.2) is 0 Å². The van der Waals surface area contributed by atoms with E-state index in [0.29, 0.717) is 11.5 Å². The Hall–Kier alpha value is 0.270. The second kappa shape index (κ2) is 5.74. The van der Waals surface area contributed by atoms with Crippen molar-refractivity contribution in [3.8, 4) is 0 Å². The number of hydrogen-bond donors (Lipinski definition) is 1. The quantitative estimate of drug-likeness (QED) is 0.695. The Morgan fingerprint density at radius 2 is 2.25 bits per heavy atom. The minimum absolute atomic E-state index is 0.421. The van der Waals surface area contributed by atoms with Gasteiger partial charge >= 0.3 is 0 Å². The van der Waals surface area contributed by atoms with Gasteiger partial charge in [-0.15, -0.1) is 0 Å². The van der Waals surface area contributed by atoms with Crippen molar-refractivity contribution in [2.75, 3.05) is 24.7 Å². The van der Waals surface area contributed by atoms with Crippen LogP contribution in [0.3, 0.4) is 0 Å². The second-order valence-electron chi connectivity index (χ2n) is 5.23. The Balaban J connectivity index is 1.83. The molecule has 1 aliphatic heterocycles. The standard InChI is InChI=1S/C13H25NOS/c1-3-16-9-7-13(6-8-15-11(13)2)10-14-12-4-5-12/h11-12,14H,3-10H2,1-2H3.